The lowest BCUT2D eigenvalue weighted by Crippen LogP contribution is -2.46. The van der Waals surface area contributed by atoms with E-state index in [0.29, 0.717) is 17.9 Å². The van der Waals surface area contributed by atoms with Crippen molar-refractivity contribution in [2.24, 2.45) is 0 Å². The molecule has 1 saturated heterocycles. The highest BCUT2D eigenvalue weighted by molar-refractivity contribution is 5.32. The third-order valence-corrected chi connectivity index (χ3v) is 4.38. The Bertz CT molecular complexity index is 430. The van der Waals surface area contributed by atoms with E-state index in [0.717, 1.165) is 6.42 Å². The zero-order valence-corrected chi connectivity index (χ0v) is 11.1. The van der Waals surface area contributed by atoms with Crippen molar-refractivity contribution >= 4 is 5.95 Å². The van der Waals surface area contributed by atoms with Crippen molar-refractivity contribution in [3.63, 3.8) is 0 Å². The van der Waals surface area contributed by atoms with Crippen molar-refractivity contribution in [2.45, 2.75) is 51.0 Å². The normalized spacial score (nSPS) is 27.6. The molecule has 1 aromatic rings. The zero-order valence-electron chi connectivity index (χ0n) is 11.1. The van der Waals surface area contributed by atoms with Gasteiger partial charge in [0.05, 0.1) is 5.69 Å². The molecule has 0 unspecified atom stereocenters. The number of hydrogen-bond acceptors (Lipinski definition) is 4. The van der Waals surface area contributed by atoms with Crippen molar-refractivity contribution in [2.75, 3.05) is 18.8 Å². The Morgan fingerprint density at radius 3 is 3.17 bits per heavy atom. The van der Waals surface area contributed by atoms with Crippen LogP contribution in [0.25, 0.3) is 0 Å². The topological polar surface area (TPSA) is 55.0 Å². The lowest BCUT2D eigenvalue weighted by atomic mass is 9.77. The van der Waals surface area contributed by atoms with E-state index in [2.05, 4.69) is 21.8 Å². The van der Waals surface area contributed by atoms with Gasteiger partial charge in [0.2, 0.25) is 5.95 Å². The van der Waals surface area contributed by atoms with Gasteiger partial charge in [0.15, 0.2) is 0 Å². The summed E-state index contributed by atoms with van der Waals surface area (Å²) in [5.74, 6) is 1.02. The molecule has 3 rings (SSSR count). The van der Waals surface area contributed by atoms with Gasteiger partial charge in [-0.25, -0.2) is 9.97 Å². The predicted octanol–water partition coefficient (Wildman–Crippen LogP) is 1.96. The Morgan fingerprint density at radius 1 is 1.44 bits per heavy atom. The highest BCUT2D eigenvalue weighted by Gasteiger charge is 2.36. The summed E-state index contributed by atoms with van der Waals surface area (Å²) in [5.41, 5.74) is 8.32. The van der Waals surface area contributed by atoms with Gasteiger partial charge < -0.3 is 5.73 Å². The summed E-state index contributed by atoms with van der Waals surface area (Å²) in [7, 11) is 0. The summed E-state index contributed by atoms with van der Waals surface area (Å²) in [6.07, 6.45) is 8.08. The van der Waals surface area contributed by atoms with Gasteiger partial charge >= 0.3 is 0 Å². The Hall–Kier alpha value is -1.16. The van der Waals surface area contributed by atoms with E-state index in [1.807, 2.05) is 6.20 Å². The molecule has 1 fully saturated rings. The van der Waals surface area contributed by atoms with Crippen LogP contribution in [0.5, 0.6) is 0 Å². The maximum absolute atomic E-state index is 5.76. The van der Waals surface area contributed by atoms with Crippen molar-refractivity contribution in [3.05, 3.63) is 17.5 Å². The fourth-order valence-electron chi connectivity index (χ4n) is 3.65. The van der Waals surface area contributed by atoms with E-state index in [4.69, 9.17) is 5.73 Å². The van der Waals surface area contributed by atoms with Crippen LogP contribution in [-0.4, -0.2) is 34.0 Å². The van der Waals surface area contributed by atoms with Gasteiger partial charge in [-0.3, -0.25) is 4.90 Å². The minimum absolute atomic E-state index is 0.432. The second-order valence-corrected chi connectivity index (χ2v) is 5.53. The van der Waals surface area contributed by atoms with Crippen LogP contribution >= 0.6 is 0 Å². The highest BCUT2D eigenvalue weighted by atomic mass is 15.2. The van der Waals surface area contributed by atoms with Crippen LogP contribution in [0.15, 0.2) is 6.20 Å². The number of hydrogen-bond donors (Lipinski definition) is 1. The van der Waals surface area contributed by atoms with E-state index in [1.165, 1.54) is 50.0 Å². The standard InChI is InChI=1S/C14H22N4/c1-2-7-18-8-3-4-11-12(18)6-5-10-9-16-14(15)17-13(10)11/h9,11-12H,2-8H2,1H3,(H2,15,16,17)/t11-,12+/m0/s1. The smallest absolute Gasteiger partial charge is 0.220 e. The number of nitrogens with two attached hydrogens (primary N) is 1. The minimum atomic E-state index is 0.432. The largest absolute Gasteiger partial charge is 0.368 e. The van der Waals surface area contributed by atoms with E-state index in [-0.39, 0.29) is 0 Å². The molecule has 0 aromatic carbocycles. The van der Waals surface area contributed by atoms with Crippen LogP contribution in [0.2, 0.25) is 0 Å². The first-order valence-corrected chi connectivity index (χ1v) is 7.15. The molecule has 2 aliphatic rings. The highest BCUT2D eigenvalue weighted by Crippen LogP contribution is 2.39. The van der Waals surface area contributed by atoms with Gasteiger partial charge in [-0.1, -0.05) is 6.92 Å². The van der Waals surface area contributed by atoms with Gasteiger partial charge in [0, 0.05) is 18.2 Å². The first kappa shape index (κ1) is 11.9. The summed E-state index contributed by atoms with van der Waals surface area (Å²) < 4.78 is 0. The number of nitrogen functional groups attached to an aromatic ring is 1. The molecule has 0 bridgehead atoms. The number of fused-ring (bicyclic) bond motifs is 3. The van der Waals surface area contributed by atoms with Gasteiger partial charge in [-0.05, 0) is 50.8 Å². The van der Waals surface area contributed by atoms with Crippen LogP contribution in [0.1, 0.15) is 49.8 Å². The Kier molecular flexibility index (Phi) is 3.20. The van der Waals surface area contributed by atoms with Crippen molar-refractivity contribution < 1.29 is 0 Å². The summed E-state index contributed by atoms with van der Waals surface area (Å²) in [4.78, 5) is 11.3. The number of anilines is 1. The van der Waals surface area contributed by atoms with Gasteiger partial charge in [0.1, 0.15) is 0 Å². The lowest BCUT2D eigenvalue weighted by molar-refractivity contribution is 0.111. The number of aryl methyl sites for hydroxylation is 1. The maximum Gasteiger partial charge on any atom is 0.220 e. The van der Waals surface area contributed by atoms with Crippen LogP contribution in [0.3, 0.4) is 0 Å². The number of piperidine rings is 1. The summed E-state index contributed by atoms with van der Waals surface area (Å²) in [6, 6.07) is 0.681. The molecule has 0 amide bonds. The molecule has 0 spiro atoms. The van der Waals surface area contributed by atoms with E-state index in [9.17, 15) is 0 Å². The van der Waals surface area contributed by atoms with Crippen LogP contribution in [0, 0.1) is 0 Å². The number of likely N-dealkylation sites (tertiary alicyclic amines) is 1. The number of aromatic nitrogens is 2. The lowest BCUT2D eigenvalue weighted by Gasteiger charge is -2.44. The van der Waals surface area contributed by atoms with Gasteiger partial charge in [-0.2, -0.15) is 0 Å². The average molecular weight is 246 g/mol. The van der Waals surface area contributed by atoms with Crippen LogP contribution in [-0.2, 0) is 6.42 Å². The molecule has 4 heteroatoms. The Labute approximate surface area is 109 Å². The molecule has 1 aromatic heterocycles. The summed E-state index contributed by atoms with van der Waals surface area (Å²) >= 11 is 0. The fraction of sp³-hybridized carbons (Fsp3) is 0.714. The molecule has 2 atom stereocenters. The van der Waals surface area contributed by atoms with Gasteiger partial charge in [0.25, 0.3) is 0 Å². The molecular formula is C14H22N4. The molecular weight excluding hydrogens is 224 g/mol. The number of rotatable bonds is 2. The molecule has 4 nitrogen and oxygen atoms in total. The summed E-state index contributed by atoms with van der Waals surface area (Å²) in [6.45, 7) is 4.74. The van der Waals surface area contributed by atoms with Gasteiger partial charge in [-0.15, -0.1) is 0 Å². The van der Waals surface area contributed by atoms with E-state index in [1.54, 1.807) is 0 Å². The van der Waals surface area contributed by atoms with E-state index < -0.39 is 0 Å². The monoisotopic (exact) mass is 246 g/mol. The van der Waals surface area contributed by atoms with Crippen molar-refractivity contribution in [1.82, 2.24) is 14.9 Å². The molecule has 1 aliphatic carbocycles. The molecule has 98 valence electrons. The summed E-state index contributed by atoms with van der Waals surface area (Å²) in [5, 5.41) is 0. The first-order chi connectivity index (χ1) is 8.79. The molecule has 0 radical (unpaired) electrons. The second kappa shape index (κ2) is 4.84. The predicted molar refractivity (Wildman–Crippen MR) is 72.4 cm³/mol. The number of nitrogens with zero attached hydrogens (tertiary/aromatic N) is 3. The van der Waals surface area contributed by atoms with Crippen molar-refractivity contribution in [3.8, 4) is 0 Å². The third kappa shape index (κ3) is 1.99. The Morgan fingerprint density at radius 2 is 2.33 bits per heavy atom. The third-order valence-electron chi connectivity index (χ3n) is 4.38. The molecule has 2 heterocycles. The molecule has 1 aliphatic heterocycles. The SMILES string of the molecule is CCCN1CCC[C@@H]2c3nc(N)ncc3CC[C@H]21. The first-order valence-electron chi connectivity index (χ1n) is 7.15. The average Bonchev–Trinajstić information content (AvgIpc) is 2.39. The maximum atomic E-state index is 5.76. The second-order valence-electron chi connectivity index (χ2n) is 5.53. The van der Waals surface area contributed by atoms with Crippen LogP contribution < -0.4 is 5.73 Å². The molecule has 2 N–H and O–H groups in total. The fourth-order valence-corrected chi connectivity index (χ4v) is 3.65. The Balaban J connectivity index is 1.91. The van der Waals surface area contributed by atoms with Crippen LogP contribution in [0.4, 0.5) is 5.95 Å². The molecule has 18 heavy (non-hydrogen) atoms. The quantitative estimate of drug-likeness (QED) is 0.866. The zero-order chi connectivity index (χ0) is 12.5. The van der Waals surface area contributed by atoms with Crippen molar-refractivity contribution in [1.29, 1.82) is 0 Å². The van der Waals surface area contributed by atoms with E-state index >= 15 is 0 Å². The minimum Gasteiger partial charge on any atom is -0.368 e. The molecule has 0 saturated carbocycles.